The fourth-order valence-corrected chi connectivity index (χ4v) is 5.27. The topological polar surface area (TPSA) is 37.3 Å². The summed E-state index contributed by atoms with van der Waals surface area (Å²) in [5.74, 6) is -0.822. The number of rotatable bonds is 1. The van der Waals surface area contributed by atoms with Crippen LogP contribution in [0.2, 0.25) is 0 Å². The number of halogens is 1. The Kier molecular flexibility index (Phi) is 2.58. The Labute approximate surface area is 112 Å². The van der Waals surface area contributed by atoms with Crippen LogP contribution in [0.3, 0.4) is 0 Å². The molecule has 3 aromatic rings. The summed E-state index contributed by atoms with van der Waals surface area (Å²) in [5, 5.41) is 12.5. The molecule has 2 nitrogen and oxygen atoms in total. The molecule has 84 valence electrons. The molecule has 4 heteroatoms. The number of hydrogen-bond donors (Lipinski definition) is 1. The second-order valence-electron chi connectivity index (χ2n) is 3.71. The van der Waals surface area contributed by atoms with Crippen LogP contribution in [0.25, 0.3) is 20.4 Å². The summed E-state index contributed by atoms with van der Waals surface area (Å²) in [6.07, 6.45) is 0. The van der Waals surface area contributed by atoms with Crippen molar-refractivity contribution >= 4 is 56.8 Å². The molecule has 0 aliphatic rings. The molecule has 0 spiro atoms. The normalized spacial score (nSPS) is 11.1. The molecular formula is C13H7BrO2Se. The minimum absolute atomic E-state index is 0.107. The summed E-state index contributed by atoms with van der Waals surface area (Å²) in [4.78, 5) is 11.1. The van der Waals surface area contributed by atoms with E-state index in [9.17, 15) is 4.79 Å². The average Bonchev–Trinajstić information content (AvgIpc) is 2.67. The van der Waals surface area contributed by atoms with Crippen LogP contribution < -0.4 is 0 Å². The summed E-state index contributed by atoms with van der Waals surface area (Å²) in [6, 6.07) is 12.1. The molecule has 0 atom stereocenters. The van der Waals surface area contributed by atoms with Gasteiger partial charge in [0.2, 0.25) is 0 Å². The van der Waals surface area contributed by atoms with Crippen LogP contribution in [-0.4, -0.2) is 25.6 Å². The van der Waals surface area contributed by atoms with Crippen LogP contribution in [0.15, 0.2) is 40.9 Å². The fraction of sp³-hybridized carbons (Fsp3) is 0. The van der Waals surface area contributed by atoms with Crippen molar-refractivity contribution in [2.24, 2.45) is 0 Å². The van der Waals surface area contributed by atoms with Crippen molar-refractivity contribution in [2.75, 3.05) is 0 Å². The predicted octanol–water partition coefficient (Wildman–Crippen LogP) is 3.51. The van der Waals surface area contributed by atoms with Crippen molar-refractivity contribution in [2.45, 2.75) is 0 Å². The summed E-state index contributed by atoms with van der Waals surface area (Å²) >= 11 is 3.33. The van der Waals surface area contributed by atoms with E-state index >= 15 is 0 Å². The third kappa shape index (κ3) is 1.64. The molecule has 1 aromatic heterocycles. The second-order valence-corrected chi connectivity index (χ2v) is 6.71. The summed E-state index contributed by atoms with van der Waals surface area (Å²) in [5.41, 5.74) is 0. The van der Waals surface area contributed by atoms with Gasteiger partial charge in [0.05, 0.1) is 0 Å². The van der Waals surface area contributed by atoms with E-state index in [4.69, 9.17) is 5.11 Å². The van der Waals surface area contributed by atoms with Crippen LogP contribution in [0, 0.1) is 0 Å². The average molecular weight is 354 g/mol. The Morgan fingerprint density at radius 3 is 2.71 bits per heavy atom. The first kappa shape index (κ1) is 11.0. The van der Waals surface area contributed by atoms with Crippen molar-refractivity contribution in [1.82, 2.24) is 0 Å². The van der Waals surface area contributed by atoms with Crippen LogP contribution in [-0.2, 0) is 0 Å². The van der Waals surface area contributed by atoms with Crippen molar-refractivity contribution < 1.29 is 9.90 Å². The summed E-state index contributed by atoms with van der Waals surface area (Å²) < 4.78 is 2.39. The molecule has 0 fully saturated rings. The SMILES string of the molecule is O=C(O)c1[se]c2ccc3ccccc3c2c1Br. The molecule has 0 amide bonds. The molecular weight excluding hydrogens is 347 g/mol. The Hall–Kier alpha value is -1.09. The molecule has 2 aromatic carbocycles. The van der Waals surface area contributed by atoms with E-state index in [-0.39, 0.29) is 14.5 Å². The van der Waals surface area contributed by atoms with Crippen LogP contribution in [0.4, 0.5) is 0 Å². The number of carbonyl (C=O) groups is 1. The van der Waals surface area contributed by atoms with Gasteiger partial charge in [0.25, 0.3) is 0 Å². The van der Waals surface area contributed by atoms with Gasteiger partial charge in [-0.1, -0.05) is 0 Å². The number of hydrogen-bond acceptors (Lipinski definition) is 1. The van der Waals surface area contributed by atoms with E-state index in [1.807, 2.05) is 30.3 Å². The minimum atomic E-state index is -0.822. The molecule has 0 aliphatic carbocycles. The van der Waals surface area contributed by atoms with Crippen LogP contribution in [0.5, 0.6) is 0 Å². The van der Waals surface area contributed by atoms with Crippen molar-refractivity contribution in [1.29, 1.82) is 0 Å². The van der Waals surface area contributed by atoms with E-state index in [0.717, 1.165) is 24.9 Å². The number of carboxylic acids is 1. The van der Waals surface area contributed by atoms with Gasteiger partial charge in [-0.25, -0.2) is 0 Å². The Morgan fingerprint density at radius 1 is 1.18 bits per heavy atom. The van der Waals surface area contributed by atoms with Crippen LogP contribution >= 0.6 is 15.9 Å². The quantitative estimate of drug-likeness (QED) is 0.680. The van der Waals surface area contributed by atoms with Gasteiger partial charge in [-0.2, -0.15) is 0 Å². The van der Waals surface area contributed by atoms with Gasteiger partial charge in [-0.15, -0.1) is 0 Å². The van der Waals surface area contributed by atoms with Gasteiger partial charge in [0, 0.05) is 0 Å². The Bertz CT molecular complexity index is 746. The molecule has 17 heavy (non-hydrogen) atoms. The fourth-order valence-electron chi connectivity index (χ4n) is 1.97. The first-order valence-electron chi connectivity index (χ1n) is 5.01. The van der Waals surface area contributed by atoms with Gasteiger partial charge in [-0.3, -0.25) is 0 Å². The first-order chi connectivity index (χ1) is 8.18. The van der Waals surface area contributed by atoms with Gasteiger partial charge < -0.3 is 0 Å². The maximum absolute atomic E-state index is 11.1. The number of fused-ring (bicyclic) bond motifs is 3. The molecule has 0 saturated carbocycles. The zero-order chi connectivity index (χ0) is 12.0. The standard InChI is InChI=1S/C13H7BrO2Se/c14-11-10-8-4-2-1-3-7(8)5-6-9(10)17-12(11)13(15)16/h1-6H,(H,15,16). The molecule has 0 radical (unpaired) electrons. The molecule has 0 aliphatic heterocycles. The van der Waals surface area contributed by atoms with Crippen molar-refractivity contribution in [3.8, 4) is 0 Å². The molecule has 0 unspecified atom stereocenters. The van der Waals surface area contributed by atoms with E-state index in [0.29, 0.717) is 4.44 Å². The first-order valence-corrected chi connectivity index (χ1v) is 7.52. The van der Waals surface area contributed by atoms with Gasteiger partial charge in [-0.05, 0) is 0 Å². The maximum atomic E-state index is 11.1. The molecule has 0 saturated heterocycles. The van der Waals surface area contributed by atoms with Crippen LogP contribution in [0.1, 0.15) is 9.23 Å². The molecule has 1 N–H and O–H groups in total. The monoisotopic (exact) mass is 354 g/mol. The van der Waals surface area contributed by atoms with Gasteiger partial charge >= 0.3 is 112 Å². The van der Waals surface area contributed by atoms with Gasteiger partial charge in [0.1, 0.15) is 0 Å². The van der Waals surface area contributed by atoms with Crippen molar-refractivity contribution in [3.63, 3.8) is 0 Å². The number of aromatic carboxylic acids is 1. The van der Waals surface area contributed by atoms with Crippen molar-refractivity contribution in [3.05, 3.63) is 45.3 Å². The van der Waals surface area contributed by atoms with E-state index in [2.05, 4.69) is 22.0 Å². The molecule has 3 rings (SSSR count). The van der Waals surface area contributed by atoms with Gasteiger partial charge in [0.15, 0.2) is 0 Å². The number of benzene rings is 2. The Balaban J connectivity index is 2.53. The summed E-state index contributed by atoms with van der Waals surface area (Å²) in [7, 11) is 0. The number of carboxylic acid groups (broad SMARTS) is 1. The molecule has 0 bridgehead atoms. The van der Waals surface area contributed by atoms with E-state index in [1.54, 1.807) is 0 Å². The van der Waals surface area contributed by atoms with E-state index in [1.165, 1.54) is 0 Å². The predicted molar refractivity (Wildman–Crippen MR) is 73.1 cm³/mol. The zero-order valence-electron chi connectivity index (χ0n) is 8.61. The third-order valence-electron chi connectivity index (χ3n) is 2.72. The zero-order valence-corrected chi connectivity index (χ0v) is 11.9. The third-order valence-corrected chi connectivity index (χ3v) is 6.50. The Morgan fingerprint density at radius 2 is 1.94 bits per heavy atom. The van der Waals surface area contributed by atoms with E-state index < -0.39 is 5.97 Å². The molecule has 1 heterocycles. The summed E-state index contributed by atoms with van der Waals surface area (Å²) in [6.45, 7) is 0. The second kappa shape index (κ2) is 3.98.